The first-order chi connectivity index (χ1) is 12.9. The van der Waals surface area contributed by atoms with Crippen LogP contribution < -0.4 is 5.32 Å². The Bertz CT molecular complexity index is 1030. The van der Waals surface area contributed by atoms with Gasteiger partial charge in [0.1, 0.15) is 5.69 Å². The topological polar surface area (TPSA) is 149 Å². The maximum atomic E-state index is 12.5. The van der Waals surface area contributed by atoms with E-state index in [-0.39, 0.29) is 17.2 Å². The predicted molar refractivity (Wildman–Crippen MR) is 89.2 cm³/mol. The van der Waals surface area contributed by atoms with Gasteiger partial charge in [-0.25, -0.2) is 14.6 Å². The number of esters is 1. The number of methoxy groups -OCH3 is 1. The van der Waals surface area contributed by atoms with E-state index in [1.807, 2.05) is 0 Å². The minimum absolute atomic E-state index is 0.102. The molecule has 0 saturated heterocycles. The van der Waals surface area contributed by atoms with E-state index >= 15 is 0 Å². The molecular formula is C16H14N6O5. The normalized spacial score (nSPS) is 11.8. The summed E-state index contributed by atoms with van der Waals surface area (Å²) in [5.41, 5.74) is 0.704. The molecule has 0 saturated carbocycles. The van der Waals surface area contributed by atoms with E-state index in [1.165, 1.54) is 7.11 Å². The first-order valence-electron chi connectivity index (χ1n) is 7.72. The summed E-state index contributed by atoms with van der Waals surface area (Å²) < 4.78 is 5.56. The molecule has 0 aliphatic rings. The summed E-state index contributed by atoms with van der Waals surface area (Å²) in [6.07, 6.45) is 0. The van der Waals surface area contributed by atoms with Gasteiger partial charge in [-0.1, -0.05) is 17.2 Å². The van der Waals surface area contributed by atoms with E-state index in [0.29, 0.717) is 5.56 Å². The highest BCUT2D eigenvalue weighted by atomic mass is 16.5. The number of hydrogen-bond acceptors (Lipinski definition) is 8. The summed E-state index contributed by atoms with van der Waals surface area (Å²) in [4.78, 5) is 39.2. The number of carboxylic acids is 1. The molecule has 11 nitrogen and oxygen atoms in total. The number of nitrogens with zero attached hydrogens (tertiary/aromatic N) is 5. The van der Waals surface area contributed by atoms with Crippen LogP contribution >= 0.6 is 0 Å². The smallest absolute Gasteiger partial charge is 0.354 e. The van der Waals surface area contributed by atoms with Crippen molar-refractivity contribution in [1.29, 1.82) is 0 Å². The summed E-state index contributed by atoms with van der Waals surface area (Å²) in [6, 6.07) is 7.19. The first-order valence-corrected chi connectivity index (χ1v) is 7.72. The number of ether oxygens (including phenoxy) is 1. The Kier molecular flexibility index (Phi) is 4.75. The molecule has 1 atom stereocenters. The number of amides is 1. The lowest BCUT2D eigenvalue weighted by molar-refractivity contribution is 0.0599. The number of tetrazole rings is 1. The Morgan fingerprint density at radius 3 is 2.56 bits per heavy atom. The van der Waals surface area contributed by atoms with E-state index in [1.54, 1.807) is 31.2 Å². The van der Waals surface area contributed by atoms with Crippen LogP contribution in [0.25, 0.3) is 5.78 Å². The van der Waals surface area contributed by atoms with Gasteiger partial charge in [0.2, 0.25) is 0 Å². The number of carbonyl (C=O) groups is 3. The molecule has 2 N–H and O–H groups in total. The summed E-state index contributed by atoms with van der Waals surface area (Å²) in [7, 11) is 1.29. The summed E-state index contributed by atoms with van der Waals surface area (Å²) in [5, 5.41) is 22.4. The zero-order chi connectivity index (χ0) is 19.6. The fourth-order valence-corrected chi connectivity index (χ4v) is 2.39. The number of hydrogen-bond donors (Lipinski definition) is 2. The van der Waals surface area contributed by atoms with E-state index in [0.717, 1.165) is 16.1 Å². The Labute approximate surface area is 152 Å². The van der Waals surface area contributed by atoms with Crippen LogP contribution in [0.3, 0.4) is 0 Å². The molecule has 11 heteroatoms. The Balaban J connectivity index is 1.81. The third-order valence-electron chi connectivity index (χ3n) is 3.81. The zero-order valence-corrected chi connectivity index (χ0v) is 14.3. The minimum Gasteiger partial charge on any atom is -0.477 e. The monoisotopic (exact) mass is 370 g/mol. The fourth-order valence-electron chi connectivity index (χ4n) is 2.39. The highest BCUT2D eigenvalue weighted by molar-refractivity contribution is 5.96. The number of fused-ring (bicyclic) bond motifs is 1. The third-order valence-corrected chi connectivity index (χ3v) is 3.81. The van der Waals surface area contributed by atoms with Gasteiger partial charge in [0.05, 0.1) is 18.7 Å². The molecule has 0 unspecified atom stereocenters. The van der Waals surface area contributed by atoms with Crippen LogP contribution in [0.1, 0.15) is 49.9 Å². The highest BCUT2D eigenvalue weighted by Gasteiger charge is 2.19. The predicted octanol–water partition coefficient (Wildman–Crippen LogP) is 0.495. The van der Waals surface area contributed by atoms with Crippen molar-refractivity contribution >= 4 is 23.6 Å². The van der Waals surface area contributed by atoms with Crippen LogP contribution in [0.2, 0.25) is 0 Å². The van der Waals surface area contributed by atoms with Crippen LogP contribution in [0, 0.1) is 0 Å². The molecule has 0 aliphatic heterocycles. The van der Waals surface area contributed by atoms with Crippen LogP contribution in [0.4, 0.5) is 0 Å². The van der Waals surface area contributed by atoms with Crippen LogP contribution in [0.15, 0.2) is 30.3 Å². The molecule has 27 heavy (non-hydrogen) atoms. The van der Waals surface area contributed by atoms with Crippen molar-refractivity contribution in [3.05, 3.63) is 52.8 Å². The summed E-state index contributed by atoms with van der Waals surface area (Å²) in [5.74, 6) is -2.45. The van der Waals surface area contributed by atoms with E-state index in [4.69, 9.17) is 0 Å². The first kappa shape index (κ1) is 17.9. The molecule has 2 heterocycles. The van der Waals surface area contributed by atoms with Crippen molar-refractivity contribution in [3.63, 3.8) is 0 Å². The Morgan fingerprint density at radius 2 is 1.93 bits per heavy atom. The molecule has 3 aromatic rings. The van der Waals surface area contributed by atoms with Gasteiger partial charge in [-0.2, -0.15) is 4.52 Å². The van der Waals surface area contributed by atoms with Crippen LogP contribution in [-0.2, 0) is 4.74 Å². The lowest BCUT2D eigenvalue weighted by atomic mass is 10.1. The zero-order valence-electron chi connectivity index (χ0n) is 14.3. The summed E-state index contributed by atoms with van der Waals surface area (Å²) >= 11 is 0. The fraction of sp³-hybridized carbons (Fsp3) is 0.188. The van der Waals surface area contributed by atoms with Gasteiger partial charge in [-0.15, -0.1) is 0 Å². The molecule has 0 radical (unpaired) electrons. The van der Waals surface area contributed by atoms with Gasteiger partial charge < -0.3 is 15.2 Å². The molecule has 0 bridgehead atoms. The second-order valence-corrected chi connectivity index (χ2v) is 5.53. The molecule has 3 rings (SSSR count). The number of aromatic carboxylic acids is 1. The molecule has 0 spiro atoms. The molecular weight excluding hydrogens is 356 g/mol. The van der Waals surface area contributed by atoms with Crippen LogP contribution in [-0.4, -0.2) is 55.1 Å². The van der Waals surface area contributed by atoms with Crippen molar-refractivity contribution in [3.8, 4) is 0 Å². The highest BCUT2D eigenvalue weighted by Crippen LogP contribution is 2.15. The quantitative estimate of drug-likeness (QED) is 0.612. The maximum absolute atomic E-state index is 12.5. The molecule has 0 aliphatic carbocycles. The van der Waals surface area contributed by atoms with E-state index in [9.17, 15) is 19.5 Å². The largest absolute Gasteiger partial charge is 0.477 e. The molecule has 2 aromatic heterocycles. The average molecular weight is 370 g/mol. The van der Waals surface area contributed by atoms with E-state index < -0.39 is 23.9 Å². The van der Waals surface area contributed by atoms with E-state index in [2.05, 4.69) is 30.6 Å². The second kappa shape index (κ2) is 7.15. The van der Waals surface area contributed by atoms with Gasteiger partial charge in [-0.3, -0.25) is 4.79 Å². The van der Waals surface area contributed by atoms with Gasteiger partial charge in [0, 0.05) is 6.07 Å². The van der Waals surface area contributed by atoms with Crippen molar-refractivity contribution < 1.29 is 24.2 Å². The maximum Gasteiger partial charge on any atom is 0.354 e. The third kappa shape index (κ3) is 3.56. The van der Waals surface area contributed by atoms with Crippen molar-refractivity contribution in [2.24, 2.45) is 0 Å². The molecule has 1 amide bonds. The standard InChI is InChI=1S/C16H14N6O5/c1-8(9-3-5-10(6-4-9)15(26)27-2)17-13(23)11-7-12(14(24)25)22-16(18-11)19-20-21-22/h3-8H,1-2H3,(H,17,23)(H,24,25)/t8-/m1/s1. The number of aromatic nitrogens is 5. The lowest BCUT2D eigenvalue weighted by Gasteiger charge is -2.14. The molecule has 1 aromatic carbocycles. The lowest BCUT2D eigenvalue weighted by Crippen LogP contribution is -2.28. The summed E-state index contributed by atoms with van der Waals surface area (Å²) in [6.45, 7) is 1.74. The SMILES string of the molecule is COC(=O)c1ccc([C@@H](C)NC(=O)c2cc(C(=O)O)n3nnnc3n2)cc1. The Morgan fingerprint density at radius 1 is 1.22 bits per heavy atom. The Hall–Kier alpha value is -3.89. The van der Waals surface area contributed by atoms with Gasteiger partial charge in [-0.05, 0) is 35.0 Å². The van der Waals surface area contributed by atoms with Crippen LogP contribution in [0.5, 0.6) is 0 Å². The number of carbonyl (C=O) groups excluding carboxylic acids is 2. The van der Waals surface area contributed by atoms with Gasteiger partial charge in [0.15, 0.2) is 5.69 Å². The number of carboxylic acid groups (broad SMARTS) is 1. The number of benzene rings is 1. The number of nitrogens with one attached hydrogen (secondary N) is 1. The second-order valence-electron chi connectivity index (χ2n) is 5.53. The minimum atomic E-state index is -1.30. The van der Waals surface area contributed by atoms with Crippen molar-refractivity contribution in [2.75, 3.05) is 7.11 Å². The average Bonchev–Trinajstić information content (AvgIpc) is 3.15. The van der Waals surface area contributed by atoms with Gasteiger partial charge in [0.25, 0.3) is 11.7 Å². The van der Waals surface area contributed by atoms with Gasteiger partial charge >= 0.3 is 11.9 Å². The number of rotatable bonds is 5. The molecule has 138 valence electrons. The van der Waals surface area contributed by atoms with Crippen molar-refractivity contribution in [1.82, 2.24) is 30.3 Å². The molecule has 0 fully saturated rings. The van der Waals surface area contributed by atoms with Crippen molar-refractivity contribution in [2.45, 2.75) is 13.0 Å².